The van der Waals surface area contributed by atoms with Gasteiger partial charge >= 0.3 is 5.97 Å². The number of ether oxygens (including phenoxy) is 1. The van der Waals surface area contributed by atoms with Gasteiger partial charge < -0.3 is 9.30 Å². The van der Waals surface area contributed by atoms with Crippen molar-refractivity contribution in [3.05, 3.63) is 24.0 Å². The molecule has 1 aromatic heterocycles. The molecule has 0 radical (unpaired) electrons. The Labute approximate surface area is 117 Å². The second-order valence-electron chi connectivity index (χ2n) is 4.45. The number of likely N-dealkylation sites (N-methyl/N-ethyl adjacent to an activating group) is 1. The van der Waals surface area contributed by atoms with Gasteiger partial charge in [0.25, 0.3) is 5.91 Å². The van der Waals surface area contributed by atoms with E-state index < -0.39 is 11.8 Å². The number of methoxy groups -OCH3 is 1. The maximum atomic E-state index is 11.8. The minimum atomic E-state index is -0.441. The zero-order chi connectivity index (χ0) is 15.1. The van der Waals surface area contributed by atoms with Crippen LogP contribution in [0, 0.1) is 0 Å². The number of nitrogens with one attached hydrogen (secondary N) is 1. The molecule has 2 amide bonds. The van der Waals surface area contributed by atoms with Gasteiger partial charge in [-0.25, -0.2) is 0 Å². The normalized spacial score (nSPS) is 10.4. The third-order valence-corrected chi connectivity index (χ3v) is 2.77. The summed E-state index contributed by atoms with van der Waals surface area (Å²) in [5.41, 5.74) is 0.413. The Hall–Kier alpha value is -2.15. The van der Waals surface area contributed by atoms with E-state index in [1.807, 2.05) is 0 Å². The lowest BCUT2D eigenvalue weighted by Gasteiger charge is -2.15. The molecule has 1 rings (SSSR count). The standard InChI is InChI=1S/C13H19N3O4/c1-15(8-6-12(18)20-3)9-11(17)14-13(19)10-5-4-7-16(10)2/h4-5,7H,6,8-9H2,1-3H3,(H,14,17,19). The van der Waals surface area contributed by atoms with Crippen molar-refractivity contribution in [3.63, 3.8) is 0 Å². The molecule has 20 heavy (non-hydrogen) atoms. The van der Waals surface area contributed by atoms with E-state index in [1.165, 1.54) is 7.11 Å². The van der Waals surface area contributed by atoms with Crippen LogP contribution in [-0.4, -0.2) is 54.5 Å². The quantitative estimate of drug-likeness (QED) is 0.729. The van der Waals surface area contributed by atoms with Gasteiger partial charge in [0.2, 0.25) is 5.91 Å². The predicted molar refractivity (Wildman–Crippen MR) is 72.0 cm³/mol. The Morgan fingerprint density at radius 3 is 2.65 bits per heavy atom. The topological polar surface area (TPSA) is 80.6 Å². The highest BCUT2D eigenvalue weighted by Crippen LogP contribution is 1.99. The molecule has 0 aliphatic heterocycles. The summed E-state index contributed by atoms with van der Waals surface area (Å²) < 4.78 is 6.14. The highest BCUT2D eigenvalue weighted by atomic mass is 16.5. The van der Waals surface area contributed by atoms with E-state index in [4.69, 9.17) is 0 Å². The number of carbonyl (C=O) groups is 3. The Bertz CT molecular complexity index is 496. The summed E-state index contributed by atoms with van der Waals surface area (Å²) in [7, 11) is 4.73. The minimum absolute atomic E-state index is 0.0349. The van der Waals surface area contributed by atoms with Crippen molar-refractivity contribution >= 4 is 17.8 Å². The van der Waals surface area contributed by atoms with Crippen LogP contribution in [0.4, 0.5) is 0 Å². The molecule has 0 atom stereocenters. The van der Waals surface area contributed by atoms with Crippen LogP contribution in [0.3, 0.4) is 0 Å². The smallest absolute Gasteiger partial charge is 0.306 e. The minimum Gasteiger partial charge on any atom is -0.469 e. The number of imide groups is 1. The van der Waals surface area contributed by atoms with Gasteiger partial charge in [0.1, 0.15) is 5.69 Å². The van der Waals surface area contributed by atoms with Crippen molar-refractivity contribution in [2.24, 2.45) is 7.05 Å². The molecule has 7 nitrogen and oxygen atoms in total. The second kappa shape index (κ2) is 7.44. The SMILES string of the molecule is COC(=O)CCN(C)CC(=O)NC(=O)c1cccn1C. The Morgan fingerprint density at radius 2 is 2.10 bits per heavy atom. The van der Waals surface area contributed by atoms with Gasteiger partial charge in [0, 0.05) is 19.8 Å². The molecule has 0 fully saturated rings. The molecule has 1 aromatic rings. The fourth-order valence-corrected chi connectivity index (χ4v) is 1.64. The van der Waals surface area contributed by atoms with E-state index in [0.29, 0.717) is 12.2 Å². The molecule has 0 unspecified atom stereocenters. The summed E-state index contributed by atoms with van der Waals surface area (Å²) >= 11 is 0. The number of aromatic nitrogens is 1. The maximum Gasteiger partial charge on any atom is 0.306 e. The lowest BCUT2D eigenvalue weighted by molar-refractivity contribution is -0.141. The van der Waals surface area contributed by atoms with E-state index in [1.54, 1.807) is 41.9 Å². The van der Waals surface area contributed by atoms with Gasteiger partial charge in [-0.2, -0.15) is 0 Å². The molecule has 0 saturated heterocycles. The van der Waals surface area contributed by atoms with Gasteiger partial charge in [-0.05, 0) is 19.2 Å². The first kappa shape index (κ1) is 15.9. The maximum absolute atomic E-state index is 11.8. The molecule has 0 aliphatic rings. The van der Waals surface area contributed by atoms with E-state index in [9.17, 15) is 14.4 Å². The lowest BCUT2D eigenvalue weighted by atomic mass is 10.3. The number of esters is 1. The van der Waals surface area contributed by atoms with Crippen LogP contribution >= 0.6 is 0 Å². The number of amides is 2. The predicted octanol–water partition coefficient (Wildman–Crippen LogP) is -0.224. The summed E-state index contributed by atoms with van der Waals surface area (Å²) in [5, 5.41) is 2.30. The van der Waals surface area contributed by atoms with Crippen LogP contribution in [0.25, 0.3) is 0 Å². The van der Waals surface area contributed by atoms with E-state index in [0.717, 1.165) is 0 Å². The molecule has 0 bridgehead atoms. The van der Waals surface area contributed by atoms with E-state index in [-0.39, 0.29) is 18.9 Å². The molecular formula is C13H19N3O4. The highest BCUT2D eigenvalue weighted by molar-refractivity contribution is 6.04. The molecule has 1 heterocycles. The van der Waals surface area contributed by atoms with Gasteiger partial charge in [0.15, 0.2) is 0 Å². The fourth-order valence-electron chi connectivity index (χ4n) is 1.64. The average molecular weight is 281 g/mol. The number of hydrogen-bond acceptors (Lipinski definition) is 5. The fraction of sp³-hybridized carbons (Fsp3) is 0.462. The second-order valence-corrected chi connectivity index (χ2v) is 4.45. The molecule has 0 spiro atoms. The number of aryl methyl sites for hydroxylation is 1. The summed E-state index contributed by atoms with van der Waals surface area (Å²) in [4.78, 5) is 36.1. The molecule has 7 heteroatoms. The van der Waals surface area contributed by atoms with Crippen LogP contribution in [0.5, 0.6) is 0 Å². The average Bonchev–Trinajstić information content (AvgIpc) is 2.82. The van der Waals surface area contributed by atoms with Crippen LogP contribution in [0.15, 0.2) is 18.3 Å². The van der Waals surface area contributed by atoms with E-state index in [2.05, 4.69) is 10.1 Å². The van der Waals surface area contributed by atoms with Crippen molar-refractivity contribution in [1.29, 1.82) is 0 Å². The first-order valence-electron chi connectivity index (χ1n) is 6.15. The third-order valence-electron chi connectivity index (χ3n) is 2.77. The van der Waals surface area contributed by atoms with Crippen molar-refractivity contribution in [2.75, 3.05) is 27.2 Å². The van der Waals surface area contributed by atoms with Crippen LogP contribution < -0.4 is 5.32 Å². The van der Waals surface area contributed by atoms with Crippen LogP contribution in [0.1, 0.15) is 16.9 Å². The number of rotatable bonds is 6. The number of hydrogen-bond donors (Lipinski definition) is 1. The summed E-state index contributed by atoms with van der Waals surface area (Å²) in [5.74, 6) is -1.19. The zero-order valence-electron chi connectivity index (χ0n) is 11.9. The van der Waals surface area contributed by atoms with Crippen LogP contribution in [0.2, 0.25) is 0 Å². The monoisotopic (exact) mass is 281 g/mol. The van der Waals surface area contributed by atoms with Gasteiger partial charge in [-0.15, -0.1) is 0 Å². The van der Waals surface area contributed by atoms with Gasteiger partial charge in [-0.3, -0.25) is 24.6 Å². The van der Waals surface area contributed by atoms with Crippen LogP contribution in [-0.2, 0) is 21.4 Å². The van der Waals surface area contributed by atoms with E-state index >= 15 is 0 Å². The number of carbonyl (C=O) groups excluding carboxylic acids is 3. The molecule has 110 valence electrons. The zero-order valence-corrected chi connectivity index (χ0v) is 11.9. The van der Waals surface area contributed by atoms with Gasteiger partial charge in [-0.1, -0.05) is 0 Å². The van der Waals surface area contributed by atoms with Crippen molar-refractivity contribution < 1.29 is 19.1 Å². The summed E-state index contributed by atoms with van der Waals surface area (Å²) in [6, 6.07) is 3.35. The molecular weight excluding hydrogens is 262 g/mol. The Kier molecular flexibility index (Phi) is 5.92. The largest absolute Gasteiger partial charge is 0.469 e. The molecule has 0 aromatic carbocycles. The first-order valence-corrected chi connectivity index (χ1v) is 6.15. The van der Waals surface area contributed by atoms with Crippen molar-refractivity contribution in [1.82, 2.24) is 14.8 Å². The van der Waals surface area contributed by atoms with Crippen molar-refractivity contribution in [3.8, 4) is 0 Å². The molecule has 0 saturated carbocycles. The third kappa shape index (κ3) is 4.85. The Morgan fingerprint density at radius 1 is 1.40 bits per heavy atom. The highest BCUT2D eigenvalue weighted by Gasteiger charge is 2.14. The summed E-state index contributed by atoms with van der Waals surface area (Å²) in [6.45, 7) is 0.422. The number of nitrogens with zero attached hydrogens (tertiary/aromatic N) is 2. The van der Waals surface area contributed by atoms with Gasteiger partial charge in [0.05, 0.1) is 20.1 Å². The molecule has 1 N–H and O–H groups in total. The molecule has 0 aliphatic carbocycles. The summed E-state index contributed by atoms with van der Waals surface area (Å²) in [6.07, 6.45) is 1.92. The lowest BCUT2D eigenvalue weighted by Crippen LogP contribution is -2.39. The Balaban J connectivity index is 2.38. The first-order chi connectivity index (χ1) is 9.43. The van der Waals surface area contributed by atoms with Crippen molar-refractivity contribution in [2.45, 2.75) is 6.42 Å².